The van der Waals surface area contributed by atoms with E-state index in [4.69, 9.17) is 0 Å². The van der Waals surface area contributed by atoms with Gasteiger partial charge in [-0.15, -0.1) is 0 Å². The summed E-state index contributed by atoms with van der Waals surface area (Å²) >= 11 is 0. The molecule has 0 N–H and O–H groups in total. The van der Waals surface area contributed by atoms with E-state index in [1.807, 2.05) is 12.3 Å². The van der Waals surface area contributed by atoms with Crippen LogP contribution in [0.5, 0.6) is 0 Å². The molecular formula is C13H21N. The second-order valence-corrected chi connectivity index (χ2v) is 5.54. The molecule has 1 nitrogen and oxygen atoms in total. The monoisotopic (exact) mass is 191 g/mol. The lowest BCUT2D eigenvalue weighted by Crippen LogP contribution is -2.35. The van der Waals surface area contributed by atoms with Crippen LogP contribution < -0.4 is 0 Å². The Balaban J connectivity index is 3.23. The van der Waals surface area contributed by atoms with Crippen LogP contribution in [0.1, 0.15) is 45.9 Å². The topological polar surface area (TPSA) is 12.9 Å². The summed E-state index contributed by atoms with van der Waals surface area (Å²) in [5.41, 5.74) is 2.84. The standard InChI is InChI=1S/C13H21N/c1-10-8-7-9-14-11(10)13(5,6)12(2,3)4/h7-9H,1-6H3. The summed E-state index contributed by atoms with van der Waals surface area (Å²) in [4.78, 5) is 4.52. The summed E-state index contributed by atoms with van der Waals surface area (Å²) in [6.07, 6.45) is 1.88. The third-order valence-electron chi connectivity index (χ3n) is 3.48. The van der Waals surface area contributed by atoms with E-state index in [2.05, 4.69) is 52.6 Å². The quantitative estimate of drug-likeness (QED) is 0.659. The number of aromatic nitrogens is 1. The second kappa shape index (κ2) is 3.38. The first-order chi connectivity index (χ1) is 6.27. The summed E-state index contributed by atoms with van der Waals surface area (Å²) < 4.78 is 0. The van der Waals surface area contributed by atoms with Crippen molar-refractivity contribution in [3.63, 3.8) is 0 Å². The fraction of sp³-hybridized carbons (Fsp3) is 0.615. The Bertz CT molecular complexity index is 318. The third kappa shape index (κ3) is 1.82. The maximum atomic E-state index is 4.52. The largest absolute Gasteiger partial charge is 0.260 e. The first-order valence-corrected chi connectivity index (χ1v) is 5.19. The van der Waals surface area contributed by atoms with Gasteiger partial charge in [0.25, 0.3) is 0 Å². The van der Waals surface area contributed by atoms with E-state index in [-0.39, 0.29) is 10.8 Å². The molecular weight excluding hydrogens is 170 g/mol. The van der Waals surface area contributed by atoms with Crippen LogP contribution >= 0.6 is 0 Å². The average Bonchev–Trinajstić information content (AvgIpc) is 2.02. The summed E-state index contributed by atoms with van der Waals surface area (Å²) in [5, 5.41) is 0. The average molecular weight is 191 g/mol. The number of pyridine rings is 1. The van der Waals surface area contributed by atoms with Crippen molar-refractivity contribution < 1.29 is 0 Å². The van der Waals surface area contributed by atoms with Crippen LogP contribution in [-0.4, -0.2) is 4.98 Å². The van der Waals surface area contributed by atoms with E-state index in [9.17, 15) is 0 Å². The van der Waals surface area contributed by atoms with Crippen LogP contribution in [0.3, 0.4) is 0 Å². The number of hydrogen-bond donors (Lipinski definition) is 0. The predicted octanol–water partition coefficient (Wildman–Crippen LogP) is 3.71. The van der Waals surface area contributed by atoms with Gasteiger partial charge in [0.1, 0.15) is 0 Å². The molecule has 0 saturated carbocycles. The zero-order valence-corrected chi connectivity index (χ0v) is 10.2. The van der Waals surface area contributed by atoms with Crippen LogP contribution in [0.4, 0.5) is 0 Å². The van der Waals surface area contributed by atoms with Crippen LogP contribution in [0.15, 0.2) is 18.3 Å². The van der Waals surface area contributed by atoms with E-state index in [1.165, 1.54) is 11.3 Å². The number of rotatable bonds is 1. The fourth-order valence-electron chi connectivity index (χ4n) is 1.50. The lowest BCUT2D eigenvalue weighted by molar-refractivity contribution is 0.219. The normalized spacial score (nSPS) is 13.0. The van der Waals surface area contributed by atoms with E-state index in [0.29, 0.717) is 0 Å². The van der Waals surface area contributed by atoms with Gasteiger partial charge in [-0.1, -0.05) is 40.7 Å². The zero-order chi connectivity index (χ0) is 11.0. The SMILES string of the molecule is Cc1cccnc1C(C)(C)C(C)(C)C. The molecule has 0 radical (unpaired) electrons. The van der Waals surface area contributed by atoms with Gasteiger partial charge < -0.3 is 0 Å². The molecule has 1 heteroatoms. The van der Waals surface area contributed by atoms with Gasteiger partial charge in [0.2, 0.25) is 0 Å². The first-order valence-electron chi connectivity index (χ1n) is 5.19. The highest BCUT2D eigenvalue weighted by molar-refractivity contribution is 5.26. The molecule has 14 heavy (non-hydrogen) atoms. The Morgan fingerprint density at radius 3 is 2.07 bits per heavy atom. The summed E-state index contributed by atoms with van der Waals surface area (Å²) in [7, 11) is 0. The van der Waals surface area contributed by atoms with Crippen LogP contribution in [0.2, 0.25) is 0 Å². The summed E-state index contributed by atoms with van der Waals surface area (Å²) in [6.45, 7) is 13.5. The molecule has 1 rings (SSSR count). The lowest BCUT2D eigenvalue weighted by atomic mass is 9.66. The summed E-state index contributed by atoms with van der Waals surface area (Å²) in [6, 6.07) is 4.13. The molecule has 0 amide bonds. The zero-order valence-electron chi connectivity index (χ0n) is 10.2. The van der Waals surface area contributed by atoms with Gasteiger partial charge >= 0.3 is 0 Å². The highest BCUT2D eigenvalue weighted by Gasteiger charge is 2.36. The Morgan fingerprint density at radius 2 is 1.64 bits per heavy atom. The number of nitrogens with zero attached hydrogens (tertiary/aromatic N) is 1. The number of aryl methyl sites for hydroxylation is 1. The van der Waals surface area contributed by atoms with Gasteiger partial charge in [-0.3, -0.25) is 4.98 Å². The molecule has 1 aromatic heterocycles. The third-order valence-corrected chi connectivity index (χ3v) is 3.48. The van der Waals surface area contributed by atoms with E-state index < -0.39 is 0 Å². The molecule has 0 aliphatic carbocycles. The molecule has 0 unspecified atom stereocenters. The molecule has 0 fully saturated rings. The van der Waals surface area contributed by atoms with Crippen molar-refractivity contribution in [2.75, 3.05) is 0 Å². The van der Waals surface area contributed by atoms with Gasteiger partial charge in [-0.05, 0) is 24.0 Å². The number of hydrogen-bond acceptors (Lipinski definition) is 1. The van der Waals surface area contributed by atoms with Crippen molar-refractivity contribution in [1.29, 1.82) is 0 Å². The molecule has 0 saturated heterocycles. The maximum absolute atomic E-state index is 4.52. The minimum absolute atomic E-state index is 0.109. The van der Waals surface area contributed by atoms with E-state index >= 15 is 0 Å². The Morgan fingerprint density at radius 1 is 1.07 bits per heavy atom. The lowest BCUT2D eigenvalue weighted by Gasteiger charge is -2.39. The van der Waals surface area contributed by atoms with Gasteiger partial charge in [0, 0.05) is 17.3 Å². The van der Waals surface area contributed by atoms with E-state index in [0.717, 1.165) is 0 Å². The highest BCUT2D eigenvalue weighted by atomic mass is 14.7. The van der Waals surface area contributed by atoms with Crippen molar-refractivity contribution in [3.05, 3.63) is 29.6 Å². The van der Waals surface area contributed by atoms with Crippen LogP contribution in [-0.2, 0) is 5.41 Å². The maximum Gasteiger partial charge on any atom is 0.0494 e. The minimum atomic E-state index is 0.109. The van der Waals surface area contributed by atoms with Gasteiger partial charge in [-0.25, -0.2) is 0 Å². The molecule has 78 valence electrons. The Kier molecular flexibility index (Phi) is 2.71. The van der Waals surface area contributed by atoms with Crippen molar-refractivity contribution in [2.45, 2.75) is 47.0 Å². The second-order valence-electron chi connectivity index (χ2n) is 5.54. The molecule has 0 spiro atoms. The van der Waals surface area contributed by atoms with Gasteiger partial charge in [0.05, 0.1) is 0 Å². The highest BCUT2D eigenvalue weighted by Crippen LogP contribution is 2.40. The van der Waals surface area contributed by atoms with Gasteiger partial charge in [0.15, 0.2) is 0 Å². The van der Waals surface area contributed by atoms with Gasteiger partial charge in [-0.2, -0.15) is 0 Å². The molecule has 1 heterocycles. The first kappa shape index (κ1) is 11.2. The minimum Gasteiger partial charge on any atom is -0.260 e. The molecule has 0 bridgehead atoms. The molecule has 0 aliphatic heterocycles. The van der Waals surface area contributed by atoms with Crippen molar-refractivity contribution in [1.82, 2.24) is 4.98 Å². The molecule has 0 aromatic carbocycles. The molecule has 1 aromatic rings. The fourth-order valence-corrected chi connectivity index (χ4v) is 1.50. The van der Waals surface area contributed by atoms with Crippen LogP contribution in [0.25, 0.3) is 0 Å². The van der Waals surface area contributed by atoms with Crippen molar-refractivity contribution >= 4 is 0 Å². The Labute approximate surface area is 87.6 Å². The molecule has 0 atom stereocenters. The van der Waals surface area contributed by atoms with Crippen molar-refractivity contribution in [2.24, 2.45) is 5.41 Å². The predicted molar refractivity (Wildman–Crippen MR) is 61.5 cm³/mol. The van der Waals surface area contributed by atoms with E-state index in [1.54, 1.807) is 0 Å². The Hall–Kier alpha value is -0.850. The van der Waals surface area contributed by atoms with Crippen molar-refractivity contribution in [3.8, 4) is 0 Å². The van der Waals surface area contributed by atoms with Crippen LogP contribution in [0, 0.1) is 12.3 Å². The molecule has 0 aliphatic rings. The smallest absolute Gasteiger partial charge is 0.0494 e. The summed E-state index contributed by atoms with van der Waals surface area (Å²) in [5.74, 6) is 0.